The standard InChI is InChI=1S/C14H20O2S/c1-10-4-5-13(8-11(10)2)14(16)9-17-12(3)6-7-15/h4-5,8,12,15H,6-7,9H2,1-3H3. The molecule has 1 rings (SSSR count). The number of ketones is 1. The molecule has 17 heavy (non-hydrogen) atoms. The van der Waals surface area contributed by atoms with Crippen LogP contribution in [0.1, 0.15) is 34.8 Å². The molecule has 0 aliphatic rings. The Kier molecular flexibility index (Phi) is 5.72. The van der Waals surface area contributed by atoms with Crippen molar-refractivity contribution in [2.75, 3.05) is 12.4 Å². The van der Waals surface area contributed by atoms with E-state index in [1.54, 1.807) is 11.8 Å². The molecule has 1 aromatic carbocycles. The third kappa shape index (κ3) is 4.52. The van der Waals surface area contributed by atoms with Gasteiger partial charge in [0.15, 0.2) is 5.78 Å². The molecule has 94 valence electrons. The molecule has 0 aliphatic heterocycles. The molecule has 1 aromatic rings. The summed E-state index contributed by atoms with van der Waals surface area (Å²) in [6.07, 6.45) is 0.741. The van der Waals surface area contributed by atoms with Crippen molar-refractivity contribution in [3.05, 3.63) is 34.9 Å². The predicted molar refractivity (Wildman–Crippen MR) is 73.9 cm³/mol. The van der Waals surface area contributed by atoms with Gasteiger partial charge in [-0.3, -0.25) is 4.79 Å². The summed E-state index contributed by atoms with van der Waals surface area (Å²) in [5, 5.41) is 9.12. The van der Waals surface area contributed by atoms with E-state index in [1.165, 1.54) is 5.56 Å². The molecule has 0 fully saturated rings. The van der Waals surface area contributed by atoms with E-state index in [-0.39, 0.29) is 12.4 Å². The number of aryl methyl sites for hydroxylation is 2. The second-order valence-electron chi connectivity index (χ2n) is 4.36. The molecule has 0 aromatic heterocycles. The Labute approximate surface area is 107 Å². The summed E-state index contributed by atoms with van der Waals surface area (Å²) in [6, 6.07) is 5.83. The molecule has 0 saturated carbocycles. The first kappa shape index (κ1) is 14.3. The van der Waals surface area contributed by atoms with Gasteiger partial charge in [-0.05, 0) is 37.5 Å². The van der Waals surface area contributed by atoms with E-state index in [0.29, 0.717) is 11.0 Å². The van der Waals surface area contributed by atoms with Crippen LogP contribution in [-0.4, -0.2) is 28.5 Å². The molecule has 1 atom stereocenters. The Balaban J connectivity index is 2.55. The quantitative estimate of drug-likeness (QED) is 0.791. The fourth-order valence-electron chi connectivity index (χ4n) is 1.48. The number of hydrogen-bond donors (Lipinski definition) is 1. The van der Waals surface area contributed by atoms with Crippen molar-refractivity contribution >= 4 is 17.5 Å². The fourth-order valence-corrected chi connectivity index (χ4v) is 2.36. The van der Waals surface area contributed by atoms with E-state index in [0.717, 1.165) is 17.5 Å². The molecule has 0 aliphatic carbocycles. The van der Waals surface area contributed by atoms with Crippen molar-refractivity contribution in [2.24, 2.45) is 0 Å². The van der Waals surface area contributed by atoms with Crippen molar-refractivity contribution in [2.45, 2.75) is 32.4 Å². The van der Waals surface area contributed by atoms with Crippen molar-refractivity contribution in [3.63, 3.8) is 0 Å². The zero-order valence-corrected chi connectivity index (χ0v) is 11.5. The summed E-state index contributed by atoms with van der Waals surface area (Å²) in [7, 11) is 0. The van der Waals surface area contributed by atoms with Crippen LogP contribution < -0.4 is 0 Å². The number of thioether (sulfide) groups is 1. The van der Waals surface area contributed by atoms with Crippen molar-refractivity contribution in [3.8, 4) is 0 Å². The van der Waals surface area contributed by atoms with Crippen molar-refractivity contribution < 1.29 is 9.90 Å². The normalized spacial score (nSPS) is 12.5. The highest BCUT2D eigenvalue weighted by atomic mass is 32.2. The van der Waals surface area contributed by atoms with Crippen LogP contribution in [0.3, 0.4) is 0 Å². The van der Waals surface area contributed by atoms with Crippen LogP contribution in [0.2, 0.25) is 0 Å². The van der Waals surface area contributed by atoms with Gasteiger partial charge in [-0.2, -0.15) is 11.8 Å². The van der Waals surface area contributed by atoms with Crippen LogP contribution in [0, 0.1) is 13.8 Å². The third-order valence-electron chi connectivity index (χ3n) is 2.86. The van der Waals surface area contributed by atoms with Crippen LogP contribution in [0.25, 0.3) is 0 Å². The summed E-state index contributed by atoms with van der Waals surface area (Å²) < 4.78 is 0. The number of hydrogen-bond acceptors (Lipinski definition) is 3. The van der Waals surface area contributed by atoms with Gasteiger partial charge in [0, 0.05) is 17.4 Å². The SMILES string of the molecule is Cc1ccc(C(=O)CSC(C)CCO)cc1C. The minimum Gasteiger partial charge on any atom is -0.396 e. The minimum atomic E-state index is 0.169. The van der Waals surface area contributed by atoms with E-state index >= 15 is 0 Å². The van der Waals surface area contributed by atoms with E-state index in [2.05, 4.69) is 0 Å². The molecule has 0 amide bonds. The summed E-state index contributed by atoms with van der Waals surface area (Å²) in [5.74, 6) is 0.659. The molecular formula is C14H20O2S. The predicted octanol–water partition coefficient (Wildman–Crippen LogP) is 2.99. The Morgan fingerprint density at radius 2 is 2.06 bits per heavy atom. The fraction of sp³-hybridized carbons (Fsp3) is 0.500. The van der Waals surface area contributed by atoms with Crippen molar-refractivity contribution in [1.82, 2.24) is 0 Å². The lowest BCUT2D eigenvalue weighted by molar-refractivity contribution is 0.102. The lowest BCUT2D eigenvalue weighted by Gasteiger charge is -2.09. The second-order valence-corrected chi connectivity index (χ2v) is 5.78. The van der Waals surface area contributed by atoms with Crippen LogP contribution in [0.4, 0.5) is 0 Å². The number of benzene rings is 1. The number of rotatable bonds is 6. The first-order valence-electron chi connectivity index (χ1n) is 5.87. The monoisotopic (exact) mass is 252 g/mol. The van der Waals surface area contributed by atoms with E-state index < -0.39 is 0 Å². The number of aliphatic hydroxyl groups is 1. The minimum absolute atomic E-state index is 0.169. The van der Waals surface area contributed by atoms with Crippen LogP contribution in [0.15, 0.2) is 18.2 Å². The highest BCUT2D eigenvalue weighted by Gasteiger charge is 2.09. The number of carbonyl (C=O) groups excluding carboxylic acids is 1. The van der Waals surface area contributed by atoms with E-state index in [9.17, 15) is 4.79 Å². The largest absolute Gasteiger partial charge is 0.396 e. The van der Waals surface area contributed by atoms with Gasteiger partial charge in [-0.25, -0.2) is 0 Å². The summed E-state index contributed by atoms with van der Waals surface area (Å²) >= 11 is 1.60. The average Bonchev–Trinajstić information content (AvgIpc) is 2.30. The lowest BCUT2D eigenvalue weighted by Crippen LogP contribution is -2.08. The molecule has 0 heterocycles. The molecule has 0 bridgehead atoms. The Bertz CT molecular complexity index is 388. The highest BCUT2D eigenvalue weighted by Crippen LogP contribution is 2.17. The van der Waals surface area contributed by atoms with Crippen LogP contribution in [-0.2, 0) is 0 Å². The molecule has 0 radical (unpaired) electrons. The molecular weight excluding hydrogens is 232 g/mol. The molecule has 0 saturated heterocycles. The van der Waals surface area contributed by atoms with Gasteiger partial charge in [0.1, 0.15) is 0 Å². The topological polar surface area (TPSA) is 37.3 Å². The summed E-state index contributed by atoms with van der Waals surface area (Å²) in [5.41, 5.74) is 3.16. The molecule has 3 heteroatoms. The Hall–Kier alpha value is -0.800. The molecule has 2 nitrogen and oxygen atoms in total. The first-order valence-corrected chi connectivity index (χ1v) is 6.92. The lowest BCUT2D eigenvalue weighted by atomic mass is 10.0. The number of carbonyl (C=O) groups is 1. The van der Waals surface area contributed by atoms with Gasteiger partial charge in [-0.15, -0.1) is 0 Å². The first-order chi connectivity index (χ1) is 8.04. The zero-order valence-electron chi connectivity index (χ0n) is 10.7. The number of aliphatic hydroxyl groups excluding tert-OH is 1. The van der Waals surface area contributed by atoms with Crippen LogP contribution >= 0.6 is 11.8 Å². The number of Topliss-reactive ketones (excluding diaryl/α,β-unsaturated/α-hetero) is 1. The van der Waals surface area contributed by atoms with Gasteiger partial charge in [0.05, 0.1) is 5.75 Å². The molecule has 0 spiro atoms. The average molecular weight is 252 g/mol. The van der Waals surface area contributed by atoms with Gasteiger partial charge >= 0.3 is 0 Å². The Morgan fingerprint density at radius 3 is 2.65 bits per heavy atom. The van der Waals surface area contributed by atoms with Gasteiger partial charge in [0.25, 0.3) is 0 Å². The Morgan fingerprint density at radius 1 is 1.35 bits per heavy atom. The van der Waals surface area contributed by atoms with Crippen LogP contribution in [0.5, 0.6) is 0 Å². The third-order valence-corrected chi connectivity index (χ3v) is 4.10. The summed E-state index contributed by atoms with van der Waals surface area (Å²) in [4.78, 5) is 11.9. The molecule has 1 unspecified atom stereocenters. The van der Waals surface area contributed by atoms with Gasteiger partial charge in [0.2, 0.25) is 0 Å². The highest BCUT2D eigenvalue weighted by molar-refractivity contribution is 8.00. The summed E-state index contributed by atoms with van der Waals surface area (Å²) in [6.45, 7) is 6.29. The van der Waals surface area contributed by atoms with E-state index in [1.807, 2.05) is 39.0 Å². The van der Waals surface area contributed by atoms with Gasteiger partial charge < -0.3 is 5.11 Å². The maximum Gasteiger partial charge on any atom is 0.172 e. The maximum absolute atomic E-state index is 11.9. The van der Waals surface area contributed by atoms with E-state index in [4.69, 9.17) is 5.11 Å². The zero-order chi connectivity index (χ0) is 12.8. The maximum atomic E-state index is 11.9. The van der Waals surface area contributed by atoms with Gasteiger partial charge in [-0.1, -0.05) is 19.1 Å². The molecule has 1 N–H and O–H groups in total. The smallest absolute Gasteiger partial charge is 0.172 e. The second kappa shape index (κ2) is 6.82. The van der Waals surface area contributed by atoms with Crippen molar-refractivity contribution in [1.29, 1.82) is 0 Å².